The molecule has 246 valence electrons. The molecule has 2 amide bonds. The molecule has 2 aromatic rings. The number of urea groups is 1. The number of anilines is 1. The number of carbonyl (C=O) groups is 2. The Hall–Kier alpha value is -3.20. The first kappa shape index (κ1) is 31.4. The molecule has 0 saturated heterocycles. The number of Topliss-reactive ketones (excluding diaryl/α,β-unsaturated/α-hetero) is 1. The number of rotatable bonds is 9. The number of ether oxygens (including phenoxy) is 1. The molecule has 8 nitrogen and oxygen atoms in total. The molecule has 46 heavy (non-hydrogen) atoms. The van der Waals surface area contributed by atoms with E-state index in [-0.39, 0.29) is 35.6 Å². The fourth-order valence-electron chi connectivity index (χ4n) is 10.8. The van der Waals surface area contributed by atoms with Crippen LogP contribution in [-0.2, 0) is 4.74 Å². The van der Waals surface area contributed by atoms with Crippen molar-refractivity contribution in [3.63, 3.8) is 0 Å². The molecule has 8 rings (SSSR count). The van der Waals surface area contributed by atoms with Gasteiger partial charge in [0.2, 0.25) is 5.78 Å². The predicted octanol–water partition coefficient (Wildman–Crippen LogP) is 6.62. The van der Waals surface area contributed by atoms with Gasteiger partial charge in [0.15, 0.2) is 5.76 Å². The predicted molar refractivity (Wildman–Crippen MR) is 175 cm³/mol. The summed E-state index contributed by atoms with van der Waals surface area (Å²) < 4.78 is 11.0. The van der Waals surface area contributed by atoms with E-state index in [1.807, 2.05) is 30.3 Å². The first-order chi connectivity index (χ1) is 22.0. The summed E-state index contributed by atoms with van der Waals surface area (Å²) >= 11 is 0. The second-order valence-corrected chi connectivity index (χ2v) is 15.2. The van der Waals surface area contributed by atoms with Gasteiger partial charge in [0, 0.05) is 47.8 Å². The van der Waals surface area contributed by atoms with Crippen molar-refractivity contribution in [3.05, 3.63) is 78.3 Å². The van der Waals surface area contributed by atoms with Crippen LogP contribution in [0.5, 0.6) is 0 Å². The monoisotopic (exact) mass is 628 g/mol. The van der Waals surface area contributed by atoms with Crippen LogP contribution < -0.4 is 5.32 Å². The molecule has 1 heterocycles. The lowest BCUT2D eigenvalue weighted by atomic mass is 9.32. The highest BCUT2D eigenvalue weighted by Gasteiger charge is 2.74. The van der Waals surface area contributed by atoms with Crippen LogP contribution in [0.1, 0.15) is 75.8 Å². The molecule has 1 aromatic heterocycles. The van der Waals surface area contributed by atoms with Crippen molar-refractivity contribution >= 4 is 17.5 Å². The number of hydrogen-bond donors (Lipinski definition) is 3. The van der Waals surface area contributed by atoms with Crippen molar-refractivity contribution in [2.24, 2.45) is 33.5 Å². The highest BCUT2D eigenvalue weighted by atomic mass is 16.5. The van der Waals surface area contributed by atoms with E-state index in [0.29, 0.717) is 43.9 Å². The number of hydrogen-bond acceptors (Lipinski definition) is 6. The Bertz CT molecular complexity index is 1540. The van der Waals surface area contributed by atoms with Gasteiger partial charge < -0.3 is 29.6 Å². The first-order valence-electron chi connectivity index (χ1n) is 17.0. The van der Waals surface area contributed by atoms with Crippen LogP contribution in [-0.4, -0.2) is 65.4 Å². The molecular formula is C38H48N2O6. The van der Waals surface area contributed by atoms with E-state index in [4.69, 9.17) is 9.15 Å². The molecule has 8 heteroatoms. The molecule has 1 aromatic carbocycles. The fraction of sp³-hybridized carbons (Fsp3) is 0.579. The van der Waals surface area contributed by atoms with Crippen LogP contribution in [0.3, 0.4) is 0 Å². The van der Waals surface area contributed by atoms with Gasteiger partial charge >= 0.3 is 6.03 Å². The van der Waals surface area contributed by atoms with E-state index >= 15 is 0 Å². The molecule has 8 atom stereocenters. The van der Waals surface area contributed by atoms with E-state index in [2.05, 4.69) is 37.4 Å². The summed E-state index contributed by atoms with van der Waals surface area (Å²) in [6.07, 6.45) is 13.8. The number of nitrogens with zero attached hydrogens (tertiary/aromatic N) is 1. The van der Waals surface area contributed by atoms with E-state index in [9.17, 15) is 19.8 Å². The third-order valence-corrected chi connectivity index (χ3v) is 13.2. The number of methoxy groups -OCH3 is 1. The Morgan fingerprint density at radius 3 is 2.48 bits per heavy atom. The smallest absolute Gasteiger partial charge is 0.321 e. The van der Waals surface area contributed by atoms with E-state index in [1.54, 1.807) is 30.4 Å². The minimum atomic E-state index is -1.15. The number of benzene rings is 1. The number of amides is 2. The molecular weight excluding hydrogens is 580 g/mol. The van der Waals surface area contributed by atoms with Gasteiger partial charge in [-0.1, -0.05) is 50.3 Å². The van der Waals surface area contributed by atoms with Gasteiger partial charge in [-0.05, 0) is 92.9 Å². The van der Waals surface area contributed by atoms with Gasteiger partial charge in [0.1, 0.15) is 0 Å². The van der Waals surface area contributed by atoms with Gasteiger partial charge in [-0.3, -0.25) is 4.79 Å². The maximum Gasteiger partial charge on any atom is 0.321 e. The van der Waals surface area contributed by atoms with Crippen molar-refractivity contribution in [1.82, 2.24) is 4.90 Å². The molecule has 2 spiro atoms. The number of aliphatic hydroxyl groups excluding tert-OH is 1. The lowest BCUT2D eigenvalue weighted by Crippen LogP contribution is -2.67. The third kappa shape index (κ3) is 4.43. The third-order valence-electron chi connectivity index (χ3n) is 13.2. The number of aliphatic hydroxyl groups is 2. The van der Waals surface area contributed by atoms with Gasteiger partial charge in [-0.25, -0.2) is 4.79 Å². The topological polar surface area (TPSA) is 112 Å². The zero-order valence-electron chi connectivity index (χ0n) is 27.3. The summed E-state index contributed by atoms with van der Waals surface area (Å²) in [6.45, 7) is 5.74. The van der Waals surface area contributed by atoms with Crippen LogP contribution in [0, 0.1) is 33.5 Å². The number of para-hydroxylation sites is 1. The lowest BCUT2D eigenvalue weighted by Gasteiger charge is -2.71. The zero-order valence-corrected chi connectivity index (χ0v) is 27.3. The number of fused-ring (bicyclic) bond motifs is 1. The van der Waals surface area contributed by atoms with Crippen molar-refractivity contribution in [1.29, 1.82) is 0 Å². The molecule has 3 N–H and O–H groups in total. The average molecular weight is 629 g/mol. The normalized spacial score (nSPS) is 38.8. The highest BCUT2D eigenvalue weighted by molar-refractivity contribution is 6.08. The maximum absolute atomic E-state index is 14.4. The molecule has 0 aliphatic heterocycles. The number of allylic oxidation sites excluding steroid dienone is 4. The summed E-state index contributed by atoms with van der Waals surface area (Å²) in [5, 5.41) is 26.7. The standard InChI is InChI=1S/C38H48N2O6/c1-34-15-12-27(41)23-36(34)18-19-38(28(24-36)32(42)29-11-7-22-46-29)30(34)13-16-35(2)31(38)14-17-37(35,44)25-40(20-8-21-45-3)33(43)39-26-9-5-4-6-10-26/h4-7,9-11,18-19,22,24,27,30-31,41,44H,8,12-17,20-21,23,25H2,1-3H3,(H,39,43)/t27?,30-,31-,34-,35+,36+,37-,38-/m1/s1. The minimum absolute atomic E-state index is 0.00912. The van der Waals surface area contributed by atoms with E-state index in [0.717, 1.165) is 37.7 Å². The summed E-state index contributed by atoms with van der Waals surface area (Å²) in [4.78, 5) is 29.9. The first-order valence-corrected chi connectivity index (χ1v) is 17.0. The van der Waals surface area contributed by atoms with Crippen molar-refractivity contribution in [2.45, 2.75) is 76.9 Å². The Labute approximate surface area is 271 Å². The number of nitrogens with one attached hydrogen (secondary N) is 1. The van der Waals surface area contributed by atoms with Crippen LogP contribution in [0.4, 0.5) is 10.5 Å². The second kappa shape index (κ2) is 11.2. The Balaban J connectivity index is 1.27. The van der Waals surface area contributed by atoms with E-state index < -0.39 is 27.9 Å². The molecule has 2 bridgehead atoms. The zero-order chi connectivity index (χ0) is 32.4. The van der Waals surface area contributed by atoms with Gasteiger partial charge in [0.25, 0.3) is 0 Å². The quantitative estimate of drug-likeness (QED) is 0.163. The fourth-order valence-corrected chi connectivity index (χ4v) is 10.8. The summed E-state index contributed by atoms with van der Waals surface area (Å²) in [5.41, 5.74) is -1.32. The molecule has 6 aliphatic carbocycles. The van der Waals surface area contributed by atoms with Crippen molar-refractivity contribution in [3.8, 4) is 0 Å². The van der Waals surface area contributed by atoms with Crippen LogP contribution in [0.2, 0.25) is 0 Å². The number of furan rings is 1. The molecule has 3 saturated carbocycles. The Morgan fingerprint density at radius 1 is 1.00 bits per heavy atom. The van der Waals surface area contributed by atoms with Crippen LogP contribution >= 0.6 is 0 Å². The molecule has 6 aliphatic rings. The number of carbonyl (C=O) groups excluding carboxylic acids is 2. The van der Waals surface area contributed by atoms with Gasteiger partial charge in [-0.2, -0.15) is 0 Å². The second-order valence-electron chi connectivity index (χ2n) is 15.2. The average Bonchev–Trinajstić information content (AvgIpc) is 3.67. The minimum Gasteiger partial charge on any atom is -0.461 e. The summed E-state index contributed by atoms with van der Waals surface area (Å²) in [6, 6.07) is 12.7. The SMILES string of the molecule is COCCCN(C[C@]1(O)CC[C@H]2[C@]34C=C[C@@]5(C=C3C(=O)c3ccco3)CC(O)CC[C@]5(C)[C@H]4CC[C@@]21C)C(=O)Nc1ccccc1. The Morgan fingerprint density at radius 2 is 1.74 bits per heavy atom. The van der Waals surface area contributed by atoms with Crippen molar-refractivity contribution in [2.75, 3.05) is 32.1 Å². The maximum atomic E-state index is 14.4. The van der Waals surface area contributed by atoms with Crippen molar-refractivity contribution < 1.29 is 29.0 Å². The summed E-state index contributed by atoms with van der Waals surface area (Å²) in [7, 11) is 1.65. The van der Waals surface area contributed by atoms with Crippen LogP contribution in [0.25, 0.3) is 0 Å². The molecule has 1 unspecified atom stereocenters. The van der Waals surface area contributed by atoms with Crippen LogP contribution in [0.15, 0.2) is 76.9 Å². The molecule has 0 radical (unpaired) electrons. The van der Waals surface area contributed by atoms with E-state index in [1.165, 1.54) is 0 Å². The Kier molecular flexibility index (Phi) is 7.65. The number of ketones is 1. The van der Waals surface area contributed by atoms with Gasteiger partial charge in [0.05, 0.1) is 24.5 Å². The van der Waals surface area contributed by atoms with Gasteiger partial charge in [-0.15, -0.1) is 0 Å². The highest BCUT2D eigenvalue weighted by Crippen LogP contribution is 2.78. The lowest BCUT2D eigenvalue weighted by molar-refractivity contribution is -0.174. The molecule has 3 fully saturated rings. The summed E-state index contributed by atoms with van der Waals surface area (Å²) in [5.74, 6) is 0.419. The largest absolute Gasteiger partial charge is 0.461 e.